The summed E-state index contributed by atoms with van der Waals surface area (Å²) in [5, 5.41) is 11.6. The van der Waals surface area contributed by atoms with Crippen molar-refractivity contribution in [3.63, 3.8) is 0 Å². The molecule has 1 aromatic heterocycles. The summed E-state index contributed by atoms with van der Waals surface area (Å²) in [5.41, 5.74) is -0.0258. The SMILES string of the molecule is O=[N+]([O-])c1ncccc1OCC1(CBr)CCOCC1. The maximum absolute atomic E-state index is 10.9. The first-order valence-electron chi connectivity index (χ1n) is 6.03. The standard InChI is InChI=1S/C12H15BrN2O4/c13-8-12(3-6-18-7-4-12)9-19-10-2-1-5-14-11(10)15(16)17/h1-2,5H,3-4,6-9H2. The molecule has 7 heteroatoms. The highest BCUT2D eigenvalue weighted by Crippen LogP contribution is 2.34. The van der Waals surface area contributed by atoms with Crippen molar-refractivity contribution in [2.24, 2.45) is 5.41 Å². The van der Waals surface area contributed by atoms with Crippen LogP contribution >= 0.6 is 15.9 Å². The van der Waals surface area contributed by atoms with Crippen LogP contribution in [-0.2, 0) is 4.74 Å². The van der Waals surface area contributed by atoms with Crippen LogP contribution in [0, 0.1) is 15.5 Å². The maximum Gasteiger partial charge on any atom is 0.406 e. The predicted octanol–water partition coefficient (Wildman–Crippen LogP) is 2.56. The second kappa shape index (κ2) is 6.29. The van der Waals surface area contributed by atoms with Crippen LogP contribution < -0.4 is 4.74 Å². The molecule has 1 saturated heterocycles. The Hall–Kier alpha value is -1.21. The Morgan fingerprint density at radius 3 is 2.89 bits per heavy atom. The van der Waals surface area contributed by atoms with E-state index < -0.39 is 4.92 Å². The fourth-order valence-corrected chi connectivity index (χ4v) is 2.71. The molecular formula is C12H15BrN2O4. The highest BCUT2D eigenvalue weighted by molar-refractivity contribution is 9.09. The van der Waals surface area contributed by atoms with Crippen LogP contribution in [0.1, 0.15) is 12.8 Å². The van der Waals surface area contributed by atoms with Gasteiger partial charge in [0, 0.05) is 24.0 Å². The molecule has 0 atom stereocenters. The van der Waals surface area contributed by atoms with Crippen molar-refractivity contribution in [1.82, 2.24) is 4.98 Å². The van der Waals surface area contributed by atoms with E-state index in [0.717, 1.165) is 18.2 Å². The van der Waals surface area contributed by atoms with E-state index in [4.69, 9.17) is 9.47 Å². The van der Waals surface area contributed by atoms with Gasteiger partial charge in [-0.05, 0) is 34.9 Å². The lowest BCUT2D eigenvalue weighted by molar-refractivity contribution is -0.390. The minimum atomic E-state index is -0.528. The molecule has 2 heterocycles. The van der Waals surface area contributed by atoms with Crippen LogP contribution in [-0.4, -0.2) is 35.1 Å². The number of alkyl halides is 1. The molecule has 0 radical (unpaired) electrons. The number of hydrogen-bond acceptors (Lipinski definition) is 5. The number of aromatic nitrogens is 1. The second-order valence-electron chi connectivity index (χ2n) is 4.62. The summed E-state index contributed by atoms with van der Waals surface area (Å²) in [6, 6.07) is 3.21. The van der Waals surface area contributed by atoms with Crippen molar-refractivity contribution in [3.8, 4) is 5.75 Å². The topological polar surface area (TPSA) is 74.5 Å². The van der Waals surface area contributed by atoms with Gasteiger partial charge in [0.2, 0.25) is 5.75 Å². The molecule has 0 spiro atoms. The molecular weight excluding hydrogens is 316 g/mol. The van der Waals surface area contributed by atoms with E-state index in [-0.39, 0.29) is 17.0 Å². The van der Waals surface area contributed by atoms with Crippen molar-refractivity contribution in [1.29, 1.82) is 0 Å². The first-order chi connectivity index (χ1) is 9.17. The molecule has 1 fully saturated rings. The molecule has 0 amide bonds. The molecule has 19 heavy (non-hydrogen) atoms. The number of ether oxygens (including phenoxy) is 2. The quantitative estimate of drug-likeness (QED) is 0.471. The van der Waals surface area contributed by atoms with Crippen LogP contribution in [0.2, 0.25) is 0 Å². The minimum Gasteiger partial charge on any atom is -0.485 e. The van der Waals surface area contributed by atoms with Gasteiger partial charge in [0.05, 0.1) is 6.61 Å². The van der Waals surface area contributed by atoms with E-state index in [9.17, 15) is 10.1 Å². The monoisotopic (exact) mass is 330 g/mol. The van der Waals surface area contributed by atoms with Gasteiger partial charge in [0.1, 0.15) is 6.20 Å². The molecule has 0 saturated carbocycles. The first kappa shape index (κ1) is 14.2. The number of rotatable bonds is 5. The minimum absolute atomic E-state index is 0.0258. The summed E-state index contributed by atoms with van der Waals surface area (Å²) in [5.74, 6) is -0.0152. The number of pyridine rings is 1. The van der Waals surface area contributed by atoms with Gasteiger partial charge in [-0.15, -0.1) is 0 Å². The van der Waals surface area contributed by atoms with Crippen molar-refractivity contribution < 1.29 is 14.4 Å². The Balaban J connectivity index is 2.07. The highest BCUT2D eigenvalue weighted by atomic mass is 79.9. The van der Waals surface area contributed by atoms with E-state index in [2.05, 4.69) is 20.9 Å². The lowest BCUT2D eigenvalue weighted by Gasteiger charge is -2.35. The number of nitro groups is 1. The third-order valence-corrected chi connectivity index (χ3v) is 4.48. The largest absolute Gasteiger partial charge is 0.485 e. The summed E-state index contributed by atoms with van der Waals surface area (Å²) in [4.78, 5) is 14.1. The fourth-order valence-electron chi connectivity index (χ4n) is 1.98. The molecule has 0 aliphatic carbocycles. The van der Waals surface area contributed by atoms with Crippen LogP contribution in [0.5, 0.6) is 5.75 Å². The van der Waals surface area contributed by atoms with Crippen molar-refractivity contribution in [3.05, 3.63) is 28.4 Å². The second-order valence-corrected chi connectivity index (χ2v) is 5.18. The zero-order valence-corrected chi connectivity index (χ0v) is 12.0. The van der Waals surface area contributed by atoms with Crippen molar-refractivity contribution in [2.75, 3.05) is 25.2 Å². The molecule has 0 bridgehead atoms. The number of nitrogens with zero attached hydrogens (tertiary/aromatic N) is 2. The molecule has 6 nitrogen and oxygen atoms in total. The van der Waals surface area contributed by atoms with E-state index in [1.807, 2.05) is 0 Å². The lowest BCUT2D eigenvalue weighted by Crippen LogP contribution is -2.36. The van der Waals surface area contributed by atoms with Gasteiger partial charge < -0.3 is 19.6 Å². The predicted molar refractivity (Wildman–Crippen MR) is 72.7 cm³/mol. The molecule has 2 rings (SSSR count). The summed E-state index contributed by atoms with van der Waals surface area (Å²) < 4.78 is 11.0. The van der Waals surface area contributed by atoms with Crippen LogP contribution in [0.25, 0.3) is 0 Å². The third kappa shape index (κ3) is 3.42. The summed E-state index contributed by atoms with van der Waals surface area (Å²) in [7, 11) is 0. The average Bonchev–Trinajstić information content (AvgIpc) is 2.46. The van der Waals surface area contributed by atoms with Gasteiger partial charge in [0.15, 0.2) is 0 Å². The maximum atomic E-state index is 10.9. The van der Waals surface area contributed by atoms with E-state index in [0.29, 0.717) is 19.8 Å². The van der Waals surface area contributed by atoms with Crippen LogP contribution in [0.3, 0.4) is 0 Å². The van der Waals surface area contributed by atoms with Gasteiger partial charge in [-0.3, -0.25) is 0 Å². The Kier molecular flexibility index (Phi) is 4.71. The summed E-state index contributed by atoms with van der Waals surface area (Å²) >= 11 is 3.50. The number of hydrogen-bond donors (Lipinski definition) is 0. The highest BCUT2D eigenvalue weighted by Gasteiger charge is 2.33. The molecule has 0 aromatic carbocycles. The van der Waals surface area contributed by atoms with Gasteiger partial charge in [-0.25, -0.2) is 0 Å². The van der Waals surface area contributed by atoms with Crippen molar-refractivity contribution in [2.45, 2.75) is 12.8 Å². The van der Waals surface area contributed by atoms with Gasteiger partial charge in [-0.2, -0.15) is 0 Å². The fraction of sp³-hybridized carbons (Fsp3) is 0.583. The van der Waals surface area contributed by atoms with E-state index >= 15 is 0 Å². The molecule has 104 valence electrons. The van der Waals surface area contributed by atoms with Crippen molar-refractivity contribution >= 4 is 21.7 Å². The third-order valence-electron chi connectivity index (χ3n) is 3.29. The molecule has 1 aromatic rings. The summed E-state index contributed by atoms with van der Waals surface area (Å²) in [6.07, 6.45) is 3.15. The van der Waals surface area contributed by atoms with Gasteiger partial charge in [0.25, 0.3) is 0 Å². The Bertz CT molecular complexity index is 449. The molecule has 1 aliphatic heterocycles. The van der Waals surface area contributed by atoms with Crippen LogP contribution in [0.4, 0.5) is 5.82 Å². The van der Waals surface area contributed by atoms with Gasteiger partial charge in [-0.1, -0.05) is 15.9 Å². The Morgan fingerprint density at radius 1 is 1.53 bits per heavy atom. The summed E-state index contributed by atoms with van der Waals surface area (Å²) in [6.45, 7) is 1.82. The van der Waals surface area contributed by atoms with Crippen LogP contribution in [0.15, 0.2) is 18.3 Å². The molecule has 1 aliphatic rings. The number of halogens is 1. The average molecular weight is 331 g/mol. The van der Waals surface area contributed by atoms with Gasteiger partial charge >= 0.3 is 5.82 Å². The smallest absolute Gasteiger partial charge is 0.406 e. The van der Waals surface area contributed by atoms with E-state index in [1.54, 1.807) is 12.1 Å². The van der Waals surface area contributed by atoms with E-state index in [1.165, 1.54) is 6.20 Å². The molecule has 0 unspecified atom stereocenters. The first-order valence-corrected chi connectivity index (χ1v) is 7.15. The Labute approximate surface area is 119 Å². The zero-order chi connectivity index (χ0) is 13.7. The zero-order valence-electron chi connectivity index (χ0n) is 10.4. The normalized spacial score (nSPS) is 17.9. The lowest BCUT2D eigenvalue weighted by atomic mass is 9.83. The Morgan fingerprint density at radius 2 is 2.26 bits per heavy atom. The molecule has 0 N–H and O–H groups in total.